The van der Waals surface area contributed by atoms with Gasteiger partial charge in [-0.3, -0.25) is 4.79 Å². The Morgan fingerprint density at radius 2 is 2.26 bits per heavy atom. The fourth-order valence-electron chi connectivity index (χ4n) is 2.26. The predicted octanol–water partition coefficient (Wildman–Crippen LogP) is 1.04. The number of imidazole rings is 1. The highest BCUT2D eigenvalue weighted by Crippen LogP contribution is 2.47. The van der Waals surface area contributed by atoms with Gasteiger partial charge in [-0.05, 0) is 18.8 Å². The van der Waals surface area contributed by atoms with Crippen LogP contribution in [0, 0.1) is 17.3 Å². The van der Waals surface area contributed by atoms with E-state index in [1.165, 1.54) is 0 Å². The maximum absolute atomic E-state index is 12.3. The number of nitrogens with one attached hydrogen (secondary N) is 1. The first kappa shape index (κ1) is 14.1. The molecule has 0 unspecified atom stereocenters. The number of nitrogens with zero attached hydrogens (tertiary/aromatic N) is 2. The highest BCUT2D eigenvalue weighted by atomic mass is 16.3. The molecule has 19 heavy (non-hydrogen) atoms. The van der Waals surface area contributed by atoms with E-state index in [4.69, 9.17) is 0 Å². The van der Waals surface area contributed by atoms with Crippen molar-refractivity contribution in [1.82, 2.24) is 14.9 Å². The van der Waals surface area contributed by atoms with Crippen molar-refractivity contribution in [2.75, 3.05) is 13.2 Å². The molecule has 0 spiro atoms. The summed E-state index contributed by atoms with van der Waals surface area (Å²) < 4.78 is 1.96. The van der Waals surface area contributed by atoms with Crippen molar-refractivity contribution < 1.29 is 9.90 Å². The standard InChI is InChI=1S/C14H23N3O2/c1-11(2)12(8-18)7-16-13(19)14(3-4-14)9-17-6-5-15-10-17/h5-6,10-12,18H,3-4,7-9H2,1-2H3,(H,16,19)/t12-/m0/s1. The third-order valence-corrected chi connectivity index (χ3v) is 4.08. The van der Waals surface area contributed by atoms with E-state index in [2.05, 4.69) is 24.1 Å². The van der Waals surface area contributed by atoms with E-state index in [1.807, 2.05) is 10.8 Å². The zero-order valence-corrected chi connectivity index (χ0v) is 11.7. The molecule has 1 aromatic rings. The molecule has 0 radical (unpaired) electrons. The highest BCUT2D eigenvalue weighted by Gasteiger charge is 2.49. The predicted molar refractivity (Wildman–Crippen MR) is 72.3 cm³/mol. The van der Waals surface area contributed by atoms with Crippen LogP contribution < -0.4 is 5.32 Å². The van der Waals surface area contributed by atoms with Crippen molar-refractivity contribution in [2.24, 2.45) is 17.3 Å². The number of carbonyl (C=O) groups is 1. The van der Waals surface area contributed by atoms with Gasteiger partial charge in [0.05, 0.1) is 11.7 Å². The van der Waals surface area contributed by atoms with Gasteiger partial charge in [-0.2, -0.15) is 0 Å². The highest BCUT2D eigenvalue weighted by molar-refractivity contribution is 5.85. The Kier molecular flexibility index (Phi) is 4.24. The molecule has 0 aromatic carbocycles. The molecule has 1 amide bonds. The van der Waals surface area contributed by atoms with Gasteiger partial charge in [0.15, 0.2) is 0 Å². The summed E-state index contributed by atoms with van der Waals surface area (Å²) in [5.74, 6) is 0.613. The Morgan fingerprint density at radius 1 is 1.53 bits per heavy atom. The lowest BCUT2D eigenvalue weighted by atomic mass is 9.96. The summed E-state index contributed by atoms with van der Waals surface area (Å²) in [6.07, 6.45) is 7.23. The summed E-state index contributed by atoms with van der Waals surface area (Å²) >= 11 is 0. The monoisotopic (exact) mass is 265 g/mol. The van der Waals surface area contributed by atoms with Gasteiger partial charge in [0.2, 0.25) is 5.91 Å². The van der Waals surface area contributed by atoms with Crippen molar-refractivity contribution in [3.05, 3.63) is 18.7 Å². The Labute approximate surface area is 114 Å². The first-order valence-electron chi connectivity index (χ1n) is 6.92. The smallest absolute Gasteiger partial charge is 0.228 e. The topological polar surface area (TPSA) is 67.2 Å². The molecule has 0 bridgehead atoms. The molecule has 0 saturated heterocycles. The molecular weight excluding hydrogens is 242 g/mol. The average molecular weight is 265 g/mol. The quantitative estimate of drug-likeness (QED) is 0.774. The number of carbonyl (C=O) groups excluding carboxylic acids is 1. The Hall–Kier alpha value is -1.36. The van der Waals surface area contributed by atoms with Gasteiger partial charge in [0, 0.05) is 38.0 Å². The van der Waals surface area contributed by atoms with E-state index in [0.717, 1.165) is 12.8 Å². The SMILES string of the molecule is CC(C)[C@H](CO)CNC(=O)C1(Cn2ccnc2)CC1. The van der Waals surface area contributed by atoms with Crippen LogP contribution in [0.2, 0.25) is 0 Å². The van der Waals surface area contributed by atoms with Crippen LogP contribution in [0.4, 0.5) is 0 Å². The number of hydrogen-bond acceptors (Lipinski definition) is 3. The van der Waals surface area contributed by atoms with Crippen LogP contribution in [0.1, 0.15) is 26.7 Å². The van der Waals surface area contributed by atoms with E-state index < -0.39 is 0 Å². The largest absolute Gasteiger partial charge is 0.396 e. The fraction of sp³-hybridized carbons (Fsp3) is 0.714. The lowest BCUT2D eigenvalue weighted by molar-refractivity contribution is -0.127. The summed E-state index contributed by atoms with van der Waals surface area (Å²) in [4.78, 5) is 16.3. The van der Waals surface area contributed by atoms with Gasteiger partial charge in [-0.25, -0.2) is 4.98 Å². The Bertz CT molecular complexity index is 410. The first-order chi connectivity index (χ1) is 9.07. The second kappa shape index (κ2) is 5.74. The number of amides is 1. The van der Waals surface area contributed by atoms with Gasteiger partial charge in [0.25, 0.3) is 0 Å². The summed E-state index contributed by atoms with van der Waals surface area (Å²) in [7, 11) is 0. The minimum Gasteiger partial charge on any atom is -0.396 e. The average Bonchev–Trinajstić information content (AvgIpc) is 2.97. The number of aliphatic hydroxyl groups excluding tert-OH is 1. The zero-order chi connectivity index (χ0) is 13.9. The maximum atomic E-state index is 12.3. The van der Waals surface area contributed by atoms with Gasteiger partial charge in [0.1, 0.15) is 0 Å². The van der Waals surface area contributed by atoms with Crippen LogP contribution in [-0.4, -0.2) is 33.7 Å². The molecule has 1 saturated carbocycles. The summed E-state index contributed by atoms with van der Waals surface area (Å²) in [6.45, 7) is 5.49. The molecule has 1 heterocycles. The third kappa shape index (κ3) is 3.35. The summed E-state index contributed by atoms with van der Waals surface area (Å²) in [5, 5.41) is 12.3. The van der Waals surface area contributed by atoms with Crippen molar-refractivity contribution in [3.63, 3.8) is 0 Å². The molecule has 1 aliphatic rings. The van der Waals surface area contributed by atoms with Crippen LogP contribution in [0.15, 0.2) is 18.7 Å². The molecule has 5 nitrogen and oxygen atoms in total. The minimum atomic E-state index is -0.252. The third-order valence-electron chi connectivity index (χ3n) is 4.08. The van der Waals surface area contributed by atoms with Gasteiger partial charge >= 0.3 is 0 Å². The van der Waals surface area contributed by atoms with E-state index in [-0.39, 0.29) is 23.8 Å². The van der Waals surface area contributed by atoms with E-state index in [9.17, 15) is 9.90 Å². The molecule has 5 heteroatoms. The van der Waals surface area contributed by atoms with Gasteiger partial charge in [-0.1, -0.05) is 13.8 Å². The van der Waals surface area contributed by atoms with Crippen LogP contribution in [0.5, 0.6) is 0 Å². The second-order valence-electron chi connectivity index (χ2n) is 5.91. The van der Waals surface area contributed by atoms with Crippen molar-refractivity contribution >= 4 is 5.91 Å². The molecule has 0 aliphatic heterocycles. The van der Waals surface area contributed by atoms with Crippen LogP contribution in [-0.2, 0) is 11.3 Å². The Morgan fingerprint density at radius 3 is 2.74 bits per heavy atom. The van der Waals surface area contributed by atoms with Crippen molar-refractivity contribution in [2.45, 2.75) is 33.2 Å². The van der Waals surface area contributed by atoms with E-state index in [1.54, 1.807) is 12.5 Å². The number of rotatable bonds is 7. The van der Waals surface area contributed by atoms with Gasteiger partial charge < -0.3 is 15.0 Å². The van der Waals surface area contributed by atoms with Crippen molar-refractivity contribution in [1.29, 1.82) is 0 Å². The van der Waals surface area contributed by atoms with E-state index >= 15 is 0 Å². The molecule has 2 N–H and O–H groups in total. The second-order valence-corrected chi connectivity index (χ2v) is 5.91. The van der Waals surface area contributed by atoms with Crippen molar-refractivity contribution in [3.8, 4) is 0 Å². The molecule has 1 aromatic heterocycles. The van der Waals surface area contributed by atoms with Crippen LogP contribution in [0.25, 0.3) is 0 Å². The molecular formula is C14H23N3O2. The molecule has 2 rings (SSSR count). The zero-order valence-electron chi connectivity index (χ0n) is 11.7. The van der Waals surface area contributed by atoms with E-state index in [0.29, 0.717) is 19.0 Å². The fourth-order valence-corrected chi connectivity index (χ4v) is 2.26. The minimum absolute atomic E-state index is 0.111. The first-order valence-corrected chi connectivity index (χ1v) is 6.92. The lowest BCUT2D eigenvalue weighted by Crippen LogP contribution is -2.39. The molecule has 106 valence electrons. The number of aromatic nitrogens is 2. The summed E-state index contributed by atoms with van der Waals surface area (Å²) in [5.41, 5.74) is -0.252. The summed E-state index contributed by atoms with van der Waals surface area (Å²) in [6, 6.07) is 0. The number of aliphatic hydroxyl groups is 1. The lowest BCUT2D eigenvalue weighted by Gasteiger charge is -2.21. The molecule has 1 fully saturated rings. The number of hydrogen-bond donors (Lipinski definition) is 2. The Balaban J connectivity index is 1.86. The molecule has 1 atom stereocenters. The maximum Gasteiger partial charge on any atom is 0.228 e. The normalized spacial score (nSPS) is 18.3. The van der Waals surface area contributed by atoms with Gasteiger partial charge in [-0.15, -0.1) is 0 Å². The van der Waals surface area contributed by atoms with Crippen LogP contribution >= 0.6 is 0 Å². The molecule has 1 aliphatic carbocycles. The van der Waals surface area contributed by atoms with Crippen LogP contribution in [0.3, 0.4) is 0 Å².